The highest BCUT2D eigenvalue weighted by Gasteiger charge is 2.33. The van der Waals surface area contributed by atoms with Crippen molar-refractivity contribution in [3.8, 4) is 11.8 Å². The first kappa shape index (κ1) is 15.0. The summed E-state index contributed by atoms with van der Waals surface area (Å²) in [7, 11) is -3.56. The van der Waals surface area contributed by atoms with Crippen LogP contribution in [0, 0.1) is 17.3 Å². The highest BCUT2D eigenvalue weighted by Crippen LogP contribution is 2.39. The van der Waals surface area contributed by atoms with Gasteiger partial charge in [0.2, 0.25) is 10.0 Å². The largest absolute Gasteiger partial charge is 0.384 e. The van der Waals surface area contributed by atoms with E-state index in [1.165, 1.54) is 6.07 Å². The van der Waals surface area contributed by atoms with Crippen LogP contribution in [0.4, 0.5) is 0 Å². The van der Waals surface area contributed by atoms with Crippen LogP contribution in [-0.2, 0) is 10.0 Å². The van der Waals surface area contributed by atoms with Crippen LogP contribution >= 0.6 is 0 Å². The van der Waals surface area contributed by atoms with Crippen LogP contribution in [0.2, 0.25) is 0 Å². The minimum Gasteiger partial charge on any atom is -0.384 e. The fraction of sp³-hybridized carbons (Fsp3) is 0.467. The topological polar surface area (TPSA) is 66.4 Å². The van der Waals surface area contributed by atoms with Gasteiger partial charge in [0.1, 0.15) is 6.61 Å². The SMILES string of the molecule is CC1(CNS(=O)(=O)c2ccccc2C#CCO)CCC1. The third-order valence-corrected chi connectivity index (χ3v) is 5.19. The standard InChI is InChI=1S/C15H19NO3S/c1-15(9-5-10-15)12-16-20(18,19)14-8-3-2-6-13(14)7-4-11-17/h2-3,6,8,16-17H,5,9-12H2,1H3. The molecule has 1 fully saturated rings. The van der Waals surface area contributed by atoms with Gasteiger partial charge in [-0.2, -0.15) is 0 Å². The second-order valence-corrected chi connectivity index (χ2v) is 7.18. The summed E-state index contributed by atoms with van der Waals surface area (Å²) in [5, 5.41) is 8.73. The molecule has 20 heavy (non-hydrogen) atoms. The van der Waals surface area contributed by atoms with E-state index in [0.717, 1.165) is 19.3 Å². The molecule has 0 amide bonds. The number of sulfonamides is 1. The van der Waals surface area contributed by atoms with Gasteiger partial charge in [-0.15, -0.1) is 0 Å². The van der Waals surface area contributed by atoms with E-state index in [1.54, 1.807) is 18.2 Å². The van der Waals surface area contributed by atoms with Crippen molar-refractivity contribution in [2.24, 2.45) is 5.41 Å². The van der Waals surface area contributed by atoms with E-state index in [0.29, 0.717) is 12.1 Å². The van der Waals surface area contributed by atoms with Crippen LogP contribution in [0.5, 0.6) is 0 Å². The summed E-state index contributed by atoms with van der Waals surface area (Å²) < 4.78 is 27.4. The Morgan fingerprint density at radius 3 is 2.65 bits per heavy atom. The lowest BCUT2D eigenvalue weighted by molar-refractivity contribution is 0.166. The molecule has 0 unspecified atom stereocenters. The monoisotopic (exact) mass is 293 g/mol. The van der Waals surface area contributed by atoms with Gasteiger partial charge >= 0.3 is 0 Å². The summed E-state index contributed by atoms with van der Waals surface area (Å²) in [5.74, 6) is 5.16. The van der Waals surface area contributed by atoms with E-state index in [1.807, 2.05) is 0 Å². The molecular formula is C15H19NO3S. The van der Waals surface area contributed by atoms with Gasteiger partial charge in [0.05, 0.1) is 4.90 Å². The first-order chi connectivity index (χ1) is 9.47. The van der Waals surface area contributed by atoms with Crippen molar-refractivity contribution in [3.05, 3.63) is 29.8 Å². The van der Waals surface area contributed by atoms with Gasteiger partial charge in [-0.05, 0) is 30.4 Å². The molecule has 1 saturated carbocycles. The van der Waals surface area contributed by atoms with Gasteiger partial charge < -0.3 is 5.11 Å². The number of nitrogens with one attached hydrogen (secondary N) is 1. The Balaban J connectivity index is 2.20. The molecule has 0 aliphatic heterocycles. The molecule has 5 heteroatoms. The molecule has 0 heterocycles. The zero-order chi connectivity index (χ0) is 14.6. The maximum Gasteiger partial charge on any atom is 0.241 e. The Kier molecular flexibility index (Phi) is 4.48. The maximum absolute atomic E-state index is 12.4. The quantitative estimate of drug-likeness (QED) is 0.827. The van der Waals surface area contributed by atoms with Crippen molar-refractivity contribution in [2.75, 3.05) is 13.2 Å². The molecule has 1 aliphatic carbocycles. The van der Waals surface area contributed by atoms with E-state index >= 15 is 0 Å². The summed E-state index contributed by atoms with van der Waals surface area (Å²) in [4.78, 5) is 0.170. The molecule has 1 aliphatic rings. The number of aliphatic hydroxyl groups excluding tert-OH is 1. The first-order valence-electron chi connectivity index (χ1n) is 6.65. The van der Waals surface area contributed by atoms with Crippen molar-refractivity contribution in [3.63, 3.8) is 0 Å². The smallest absolute Gasteiger partial charge is 0.241 e. The van der Waals surface area contributed by atoms with Gasteiger partial charge in [0.25, 0.3) is 0 Å². The molecule has 1 aromatic rings. The van der Waals surface area contributed by atoms with Crippen molar-refractivity contribution in [1.29, 1.82) is 0 Å². The normalized spacial score (nSPS) is 16.9. The predicted molar refractivity (Wildman–Crippen MR) is 77.6 cm³/mol. The van der Waals surface area contributed by atoms with Gasteiger partial charge in [-0.3, -0.25) is 0 Å². The molecule has 0 spiro atoms. The van der Waals surface area contributed by atoms with Crippen LogP contribution in [0.3, 0.4) is 0 Å². The summed E-state index contributed by atoms with van der Waals surface area (Å²) in [5.41, 5.74) is 0.492. The Labute approximate surface area is 120 Å². The lowest BCUT2D eigenvalue weighted by atomic mass is 9.71. The average molecular weight is 293 g/mol. The second kappa shape index (κ2) is 5.96. The Bertz CT molecular complexity index is 637. The third-order valence-electron chi connectivity index (χ3n) is 3.73. The molecule has 2 rings (SSSR count). The van der Waals surface area contributed by atoms with Crippen LogP contribution in [0.25, 0.3) is 0 Å². The van der Waals surface area contributed by atoms with Crippen molar-refractivity contribution < 1.29 is 13.5 Å². The van der Waals surface area contributed by atoms with Gasteiger partial charge in [-0.1, -0.05) is 37.3 Å². The second-order valence-electron chi connectivity index (χ2n) is 5.44. The van der Waals surface area contributed by atoms with E-state index in [9.17, 15) is 8.42 Å². The number of aliphatic hydroxyl groups is 1. The van der Waals surface area contributed by atoms with E-state index in [2.05, 4.69) is 23.5 Å². The van der Waals surface area contributed by atoms with Gasteiger partial charge in [0.15, 0.2) is 0 Å². The van der Waals surface area contributed by atoms with Gasteiger partial charge in [0, 0.05) is 12.1 Å². The number of benzene rings is 1. The fourth-order valence-corrected chi connectivity index (χ4v) is 3.60. The summed E-state index contributed by atoms with van der Waals surface area (Å²) in [6.45, 7) is 2.26. The Hall–Kier alpha value is -1.35. The molecular weight excluding hydrogens is 274 g/mol. The van der Waals surface area contributed by atoms with Crippen LogP contribution in [0.15, 0.2) is 29.2 Å². The zero-order valence-corrected chi connectivity index (χ0v) is 12.3. The van der Waals surface area contributed by atoms with Crippen LogP contribution in [0.1, 0.15) is 31.7 Å². The summed E-state index contributed by atoms with van der Waals surface area (Å²) >= 11 is 0. The molecule has 0 atom stereocenters. The van der Waals surface area contributed by atoms with Crippen LogP contribution < -0.4 is 4.72 Å². The molecule has 0 saturated heterocycles. The first-order valence-corrected chi connectivity index (χ1v) is 8.14. The zero-order valence-electron chi connectivity index (χ0n) is 11.5. The van der Waals surface area contributed by atoms with Crippen LogP contribution in [-0.4, -0.2) is 26.7 Å². The lowest BCUT2D eigenvalue weighted by Gasteiger charge is -2.38. The molecule has 0 aromatic heterocycles. The highest BCUT2D eigenvalue weighted by atomic mass is 32.2. The molecule has 0 bridgehead atoms. The van der Waals surface area contributed by atoms with Crippen molar-refractivity contribution in [1.82, 2.24) is 4.72 Å². The van der Waals surface area contributed by atoms with Crippen molar-refractivity contribution in [2.45, 2.75) is 31.1 Å². The lowest BCUT2D eigenvalue weighted by Crippen LogP contribution is -2.40. The number of rotatable bonds is 4. The maximum atomic E-state index is 12.4. The predicted octanol–water partition coefficient (Wildman–Crippen LogP) is 1.50. The Morgan fingerprint density at radius 1 is 1.35 bits per heavy atom. The van der Waals surface area contributed by atoms with Crippen molar-refractivity contribution >= 4 is 10.0 Å². The number of hydrogen-bond donors (Lipinski definition) is 2. The fourth-order valence-electron chi connectivity index (χ4n) is 2.24. The van der Waals surface area contributed by atoms with E-state index in [-0.39, 0.29) is 16.9 Å². The van der Waals surface area contributed by atoms with E-state index < -0.39 is 10.0 Å². The summed E-state index contributed by atoms with van der Waals surface area (Å²) in [6, 6.07) is 6.58. The molecule has 2 N–H and O–H groups in total. The molecule has 108 valence electrons. The molecule has 1 aromatic carbocycles. The minimum atomic E-state index is -3.56. The average Bonchev–Trinajstić information content (AvgIpc) is 2.41. The van der Waals surface area contributed by atoms with E-state index in [4.69, 9.17) is 5.11 Å². The third kappa shape index (κ3) is 3.40. The minimum absolute atomic E-state index is 0.0821. The number of hydrogen-bond acceptors (Lipinski definition) is 3. The molecule has 4 nitrogen and oxygen atoms in total. The van der Waals surface area contributed by atoms with Gasteiger partial charge in [-0.25, -0.2) is 13.1 Å². The highest BCUT2D eigenvalue weighted by molar-refractivity contribution is 7.89. The Morgan fingerprint density at radius 2 is 2.05 bits per heavy atom. The molecule has 0 radical (unpaired) electrons. The summed E-state index contributed by atoms with van der Waals surface area (Å²) in [6.07, 6.45) is 3.28.